The van der Waals surface area contributed by atoms with Gasteiger partial charge in [0.15, 0.2) is 0 Å². The van der Waals surface area contributed by atoms with E-state index in [-0.39, 0.29) is 0 Å². The maximum atomic E-state index is 11.2. The molecule has 0 bridgehead atoms. The molecule has 0 amide bonds. The molecule has 2 atom stereocenters. The maximum absolute atomic E-state index is 11.2. The van der Waals surface area contributed by atoms with Crippen molar-refractivity contribution in [1.29, 1.82) is 0 Å². The van der Waals surface area contributed by atoms with E-state index in [4.69, 9.17) is 0 Å². The Labute approximate surface area is 107 Å². The van der Waals surface area contributed by atoms with Crippen molar-refractivity contribution < 1.29 is 9.90 Å². The molecule has 0 spiro atoms. The SMILES string of the molecule is CSCC(C)NCC(C(=O)O)c1ccccc1. The second-order valence-electron chi connectivity index (χ2n) is 4.07. The summed E-state index contributed by atoms with van der Waals surface area (Å²) >= 11 is 1.76. The minimum Gasteiger partial charge on any atom is -0.481 e. The summed E-state index contributed by atoms with van der Waals surface area (Å²) in [5.41, 5.74) is 0.851. The first-order valence-electron chi connectivity index (χ1n) is 5.65. The van der Waals surface area contributed by atoms with Crippen molar-refractivity contribution in [2.24, 2.45) is 0 Å². The number of aliphatic carboxylic acids is 1. The van der Waals surface area contributed by atoms with Crippen LogP contribution in [0.4, 0.5) is 0 Å². The van der Waals surface area contributed by atoms with Gasteiger partial charge in [-0.3, -0.25) is 4.79 Å². The monoisotopic (exact) mass is 253 g/mol. The maximum Gasteiger partial charge on any atom is 0.312 e. The van der Waals surface area contributed by atoms with Crippen LogP contribution < -0.4 is 5.32 Å². The molecule has 0 aliphatic heterocycles. The van der Waals surface area contributed by atoms with Gasteiger partial charge in [0.1, 0.15) is 0 Å². The van der Waals surface area contributed by atoms with Gasteiger partial charge in [0.2, 0.25) is 0 Å². The number of rotatable bonds is 7. The summed E-state index contributed by atoms with van der Waals surface area (Å²) in [5, 5.41) is 12.5. The minimum atomic E-state index is -0.778. The van der Waals surface area contributed by atoms with Gasteiger partial charge in [-0.1, -0.05) is 30.3 Å². The summed E-state index contributed by atoms with van der Waals surface area (Å²) in [7, 11) is 0. The van der Waals surface area contributed by atoms with Gasteiger partial charge in [0.25, 0.3) is 0 Å². The van der Waals surface area contributed by atoms with Crippen molar-refractivity contribution in [1.82, 2.24) is 5.32 Å². The number of hydrogen-bond donors (Lipinski definition) is 2. The van der Waals surface area contributed by atoms with Crippen molar-refractivity contribution in [3.05, 3.63) is 35.9 Å². The van der Waals surface area contributed by atoms with Crippen molar-refractivity contribution in [3.8, 4) is 0 Å². The van der Waals surface area contributed by atoms with Crippen molar-refractivity contribution in [2.75, 3.05) is 18.6 Å². The fraction of sp³-hybridized carbons (Fsp3) is 0.462. The Hall–Kier alpha value is -1.00. The first-order chi connectivity index (χ1) is 8.15. The second kappa shape index (κ2) is 7.35. The van der Waals surface area contributed by atoms with E-state index in [1.807, 2.05) is 36.6 Å². The molecule has 1 aromatic rings. The van der Waals surface area contributed by atoms with Crippen molar-refractivity contribution in [2.45, 2.75) is 18.9 Å². The zero-order valence-electron chi connectivity index (χ0n) is 10.2. The van der Waals surface area contributed by atoms with E-state index in [2.05, 4.69) is 12.2 Å². The zero-order chi connectivity index (χ0) is 12.7. The third-order valence-corrected chi connectivity index (χ3v) is 3.42. The Balaban J connectivity index is 2.59. The van der Waals surface area contributed by atoms with Crippen LogP contribution >= 0.6 is 11.8 Å². The Bertz CT molecular complexity index is 343. The molecule has 1 aromatic carbocycles. The van der Waals surface area contributed by atoms with Gasteiger partial charge in [0, 0.05) is 18.3 Å². The summed E-state index contributed by atoms with van der Waals surface area (Å²) in [6.45, 7) is 2.54. The minimum absolute atomic E-state index is 0.329. The van der Waals surface area contributed by atoms with E-state index in [9.17, 15) is 9.90 Å². The first kappa shape index (κ1) is 14.1. The van der Waals surface area contributed by atoms with E-state index in [0.717, 1.165) is 11.3 Å². The lowest BCUT2D eigenvalue weighted by Crippen LogP contribution is -2.34. The van der Waals surface area contributed by atoms with Gasteiger partial charge in [-0.25, -0.2) is 0 Å². The van der Waals surface area contributed by atoms with Crippen LogP contribution in [0.25, 0.3) is 0 Å². The largest absolute Gasteiger partial charge is 0.481 e. The molecule has 0 aromatic heterocycles. The van der Waals surface area contributed by atoms with Crippen molar-refractivity contribution >= 4 is 17.7 Å². The molecule has 0 heterocycles. The zero-order valence-corrected chi connectivity index (χ0v) is 11.0. The molecule has 3 nitrogen and oxygen atoms in total. The third-order valence-electron chi connectivity index (χ3n) is 2.59. The molecule has 0 fully saturated rings. The summed E-state index contributed by atoms with van der Waals surface area (Å²) in [4.78, 5) is 11.2. The van der Waals surface area contributed by atoms with Crippen LogP contribution in [0, 0.1) is 0 Å². The normalized spacial score (nSPS) is 14.2. The van der Waals surface area contributed by atoms with Gasteiger partial charge >= 0.3 is 5.97 Å². The molecule has 4 heteroatoms. The van der Waals surface area contributed by atoms with Gasteiger partial charge in [0.05, 0.1) is 5.92 Å². The van der Waals surface area contributed by atoms with Crippen LogP contribution in [0.3, 0.4) is 0 Å². The van der Waals surface area contributed by atoms with Crippen LogP contribution in [0.15, 0.2) is 30.3 Å². The molecule has 0 saturated carbocycles. The average Bonchev–Trinajstić information content (AvgIpc) is 2.30. The Morgan fingerprint density at radius 3 is 2.59 bits per heavy atom. The predicted molar refractivity (Wildman–Crippen MR) is 72.7 cm³/mol. The fourth-order valence-corrected chi connectivity index (χ4v) is 2.28. The van der Waals surface area contributed by atoms with Crippen LogP contribution in [0.5, 0.6) is 0 Å². The molecular weight excluding hydrogens is 234 g/mol. The lowest BCUT2D eigenvalue weighted by molar-refractivity contribution is -0.138. The number of carboxylic acid groups (broad SMARTS) is 1. The summed E-state index contributed by atoms with van der Waals surface area (Å²) in [6.07, 6.45) is 2.05. The van der Waals surface area contributed by atoms with E-state index in [1.165, 1.54) is 0 Å². The predicted octanol–water partition coefficient (Wildman–Crippen LogP) is 2.20. The third kappa shape index (κ3) is 4.79. The van der Waals surface area contributed by atoms with Crippen molar-refractivity contribution in [3.63, 3.8) is 0 Å². The fourth-order valence-electron chi connectivity index (χ4n) is 1.66. The number of carbonyl (C=O) groups is 1. The highest BCUT2D eigenvalue weighted by atomic mass is 32.2. The van der Waals surface area contributed by atoms with Gasteiger partial charge in [-0.15, -0.1) is 0 Å². The Morgan fingerprint density at radius 1 is 1.41 bits per heavy atom. The Morgan fingerprint density at radius 2 is 2.06 bits per heavy atom. The number of hydrogen-bond acceptors (Lipinski definition) is 3. The van der Waals surface area contributed by atoms with E-state index < -0.39 is 11.9 Å². The average molecular weight is 253 g/mol. The summed E-state index contributed by atoms with van der Waals surface area (Å²) in [5.74, 6) is -0.262. The summed E-state index contributed by atoms with van der Waals surface area (Å²) < 4.78 is 0. The molecule has 2 unspecified atom stereocenters. The molecule has 94 valence electrons. The highest BCUT2D eigenvalue weighted by Gasteiger charge is 2.19. The molecule has 2 N–H and O–H groups in total. The lowest BCUT2D eigenvalue weighted by Gasteiger charge is -2.17. The van der Waals surface area contributed by atoms with Crippen LogP contribution in [-0.2, 0) is 4.79 Å². The van der Waals surface area contributed by atoms with E-state index >= 15 is 0 Å². The molecule has 0 radical (unpaired) electrons. The Kier molecular flexibility index (Phi) is 6.08. The van der Waals surface area contributed by atoms with E-state index in [1.54, 1.807) is 11.8 Å². The second-order valence-corrected chi connectivity index (χ2v) is 4.98. The highest BCUT2D eigenvalue weighted by Crippen LogP contribution is 2.15. The number of thioether (sulfide) groups is 1. The van der Waals surface area contributed by atoms with E-state index in [0.29, 0.717) is 12.6 Å². The lowest BCUT2D eigenvalue weighted by atomic mass is 9.99. The molecule has 1 rings (SSSR count). The van der Waals surface area contributed by atoms with Crippen LogP contribution in [-0.4, -0.2) is 35.7 Å². The molecule has 17 heavy (non-hydrogen) atoms. The number of nitrogens with one attached hydrogen (secondary N) is 1. The van der Waals surface area contributed by atoms with Crippen LogP contribution in [0.2, 0.25) is 0 Å². The van der Waals surface area contributed by atoms with Crippen LogP contribution in [0.1, 0.15) is 18.4 Å². The highest BCUT2D eigenvalue weighted by molar-refractivity contribution is 7.98. The van der Waals surface area contributed by atoms with Gasteiger partial charge < -0.3 is 10.4 Å². The van der Waals surface area contributed by atoms with Gasteiger partial charge in [-0.05, 0) is 18.7 Å². The standard InChI is InChI=1S/C13H19NO2S/c1-10(9-17-2)14-8-12(13(15)16)11-6-4-3-5-7-11/h3-7,10,12,14H,8-9H2,1-2H3,(H,15,16). The number of carboxylic acids is 1. The number of benzene rings is 1. The molecule has 0 saturated heterocycles. The quantitative estimate of drug-likeness (QED) is 0.782. The summed E-state index contributed by atoms with van der Waals surface area (Å²) in [6, 6.07) is 9.69. The topological polar surface area (TPSA) is 49.3 Å². The molecule has 0 aliphatic rings. The molecular formula is C13H19NO2S. The smallest absolute Gasteiger partial charge is 0.312 e. The molecule has 0 aliphatic carbocycles. The first-order valence-corrected chi connectivity index (χ1v) is 7.04. The van der Waals surface area contributed by atoms with Gasteiger partial charge in [-0.2, -0.15) is 11.8 Å².